The van der Waals surface area contributed by atoms with Crippen LogP contribution in [0.15, 0.2) is 24.3 Å². The van der Waals surface area contributed by atoms with Gasteiger partial charge in [-0.2, -0.15) is 0 Å². The summed E-state index contributed by atoms with van der Waals surface area (Å²) in [4.78, 5) is 42.2. The van der Waals surface area contributed by atoms with Crippen molar-refractivity contribution >= 4 is 23.5 Å². The molecule has 3 fully saturated rings. The summed E-state index contributed by atoms with van der Waals surface area (Å²) in [6.45, 7) is 3.15. The van der Waals surface area contributed by atoms with Crippen molar-refractivity contribution in [3.63, 3.8) is 0 Å². The highest BCUT2D eigenvalue weighted by Crippen LogP contribution is 2.32. The minimum Gasteiger partial charge on any atom is -0.312 e. The van der Waals surface area contributed by atoms with Crippen LogP contribution in [0.2, 0.25) is 0 Å². The molecule has 6 heteroatoms. The molecule has 0 radical (unpaired) electrons. The second kappa shape index (κ2) is 5.08. The van der Waals surface area contributed by atoms with E-state index in [1.807, 2.05) is 31.2 Å². The summed E-state index contributed by atoms with van der Waals surface area (Å²) < 4.78 is 0. The molecule has 3 aliphatic rings. The van der Waals surface area contributed by atoms with Crippen molar-refractivity contribution in [2.45, 2.75) is 38.3 Å². The highest BCUT2D eigenvalue weighted by molar-refractivity contribution is 6.10. The lowest BCUT2D eigenvalue weighted by Gasteiger charge is -2.22. The van der Waals surface area contributed by atoms with Crippen molar-refractivity contribution in [3.8, 4) is 0 Å². The predicted octanol–water partition coefficient (Wildman–Crippen LogP) is 1.53. The molecule has 3 saturated heterocycles. The summed E-state index contributed by atoms with van der Waals surface area (Å²) >= 11 is 0. The fourth-order valence-electron chi connectivity index (χ4n) is 3.82. The van der Waals surface area contributed by atoms with Gasteiger partial charge in [-0.15, -0.1) is 0 Å². The van der Waals surface area contributed by atoms with E-state index in [0.717, 1.165) is 17.7 Å². The zero-order valence-corrected chi connectivity index (χ0v) is 13.1. The third-order valence-corrected chi connectivity index (χ3v) is 5.06. The number of carbonyl (C=O) groups is 3. The molecule has 3 heterocycles. The van der Waals surface area contributed by atoms with E-state index in [0.29, 0.717) is 25.9 Å². The van der Waals surface area contributed by atoms with E-state index in [4.69, 9.17) is 0 Å². The second-order valence-corrected chi connectivity index (χ2v) is 6.47. The molecule has 0 N–H and O–H groups in total. The zero-order valence-electron chi connectivity index (χ0n) is 13.1. The van der Waals surface area contributed by atoms with Gasteiger partial charge in [-0.3, -0.25) is 9.59 Å². The minimum atomic E-state index is -0.651. The Morgan fingerprint density at radius 2 is 1.65 bits per heavy atom. The normalized spacial score (nSPS) is 27.3. The third-order valence-electron chi connectivity index (χ3n) is 5.06. The fourth-order valence-corrected chi connectivity index (χ4v) is 3.82. The predicted molar refractivity (Wildman–Crippen MR) is 83.9 cm³/mol. The van der Waals surface area contributed by atoms with Gasteiger partial charge in [-0.25, -0.2) is 9.69 Å². The quantitative estimate of drug-likeness (QED) is 0.778. The molecule has 1 aromatic rings. The molecule has 1 aromatic carbocycles. The van der Waals surface area contributed by atoms with Gasteiger partial charge in [0.2, 0.25) is 5.91 Å². The van der Waals surface area contributed by atoms with Crippen LogP contribution >= 0.6 is 0 Å². The van der Waals surface area contributed by atoms with Gasteiger partial charge < -0.3 is 9.80 Å². The molecular weight excluding hydrogens is 294 g/mol. The number of urea groups is 1. The number of anilines is 1. The molecule has 0 spiro atoms. The van der Waals surface area contributed by atoms with Crippen LogP contribution in [0, 0.1) is 6.92 Å². The number of rotatable bonds is 2. The Morgan fingerprint density at radius 3 is 2.35 bits per heavy atom. The largest absolute Gasteiger partial charge is 0.328 e. The smallest absolute Gasteiger partial charge is 0.312 e. The number of hydrogen-bond acceptors (Lipinski definition) is 3. The molecule has 120 valence electrons. The second-order valence-electron chi connectivity index (χ2n) is 6.47. The average molecular weight is 313 g/mol. The van der Waals surface area contributed by atoms with Crippen LogP contribution in [0.4, 0.5) is 10.5 Å². The first-order valence-corrected chi connectivity index (χ1v) is 8.09. The molecule has 4 amide bonds. The standard InChI is InChI=1S/C17H19N3O3/c1-11-4-6-12(7-5-11)18-10-8-14(15(18)21)20-16(22)13-3-2-9-19(13)17(20)23/h4-7,13-14H,2-3,8-10H2,1H3/t13-,14+/m0/s1. The molecule has 0 aromatic heterocycles. The van der Waals surface area contributed by atoms with Crippen LogP contribution in [0.25, 0.3) is 0 Å². The molecule has 23 heavy (non-hydrogen) atoms. The molecule has 6 nitrogen and oxygen atoms in total. The summed E-state index contributed by atoms with van der Waals surface area (Å²) in [5.74, 6) is -0.353. The zero-order chi connectivity index (χ0) is 16.1. The summed E-state index contributed by atoms with van der Waals surface area (Å²) in [5.41, 5.74) is 1.95. The summed E-state index contributed by atoms with van der Waals surface area (Å²) in [6, 6.07) is 6.44. The topological polar surface area (TPSA) is 60.9 Å². The van der Waals surface area contributed by atoms with E-state index in [-0.39, 0.29) is 23.9 Å². The number of hydrogen-bond donors (Lipinski definition) is 0. The van der Waals surface area contributed by atoms with Gasteiger partial charge in [-0.05, 0) is 38.3 Å². The number of carbonyl (C=O) groups excluding carboxylic acids is 3. The van der Waals surface area contributed by atoms with Gasteiger partial charge in [0.05, 0.1) is 0 Å². The first-order valence-electron chi connectivity index (χ1n) is 8.09. The lowest BCUT2D eigenvalue weighted by molar-refractivity contribution is -0.133. The number of amides is 4. The van der Waals surface area contributed by atoms with Crippen LogP contribution in [0.3, 0.4) is 0 Å². The van der Waals surface area contributed by atoms with Crippen molar-refractivity contribution in [2.24, 2.45) is 0 Å². The monoisotopic (exact) mass is 313 g/mol. The molecule has 4 rings (SSSR count). The van der Waals surface area contributed by atoms with E-state index in [1.54, 1.807) is 9.80 Å². The Morgan fingerprint density at radius 1 is 0.913 bits per heavy atom. The molecule has 0 unspecified atom stereocenters. The Labute approximate surface area is 134 Å². The van der Waals surface area contributed by atoms with Gasteiger partial charge in [0.15, 0.2) is 0 Å². The van der Waals surface area contributed by atoms with E-state index in [2.05, 4.69) is 0 Å². The minimum absolute atomic E-state index is 0.156. The lowest BCUT2D eigenvalue weighted by atomic mass is 10.1. The van der Waals surface area contributed by atoms with E-state index in [1.165, 1.54) is 4.90 Å². The Hall–Kier alpha value is -2.37. The number of imide groups is 1. The van der Waals surface area contributed by atoms with E-state index in [9.17, 15) is 14.4 Å². The summed E-state index contributed by atoms with van der Waals surface area (Å²) in [5, 5.41) is 0. The summed E-state index contributed by atoms with van der Waals surface area (Å²) in [7, 11) is 0. The number of fused-ring (bicyclic) bond motifs is 1. The number of aryl methyl sites for hydroxylation is 1. The molecular formula is C17H19N3O3. The van der Waals surface area contributed by atoms with Gasteiger partial charge in [0.1, 0.15) is 12.1 Å². The Balaban J connectivity index is 1.57. The molecule has 0 saturated carbocycles. The maximum absolute atomic E-state index is 12.7. The Kier molecular flexibility index (Phi) is 3.14. The third kappa shape index (κ3) is 2.04. The highest BCUT2D eigenvalue weighted by atomic mass is 16.2. The van der Waals surface area contributed by atoms with Crippen molar-refractivity contribution in [1.29, 1.82) is 0 Å². The van der Waals surface area contributed by atoms with Crippen LogP contribution in [0.1, 0.15) is 24.8 Å². The van der Waals surface area contributed by atoms with Crippen LogP contribution < -0.4 is 4.90 Å². The van der Waals surface area contributed by atoms with Crippen molar-refractivity contribution in [2.75, 3.05) is 18.0 Å². The van der Waals surface area contributed by atoms with Crippen LogP contribution in [0.5, 0.6) is 0 Å². The van der Waals surface area contributed by atoms with Crippen LogP contribution in [-0.4, -0.2) is 52.8 Å². The number of benzene rings is 1. The number of nitrogens with zero attached hydrogens (tertiary/aromatic N) is 3. The van der Waals surface area contributed by atoms with Gasteiger partial charge >= 0.3 is 6.03 Å². The maximum atomic E-state index is 12.7. The van der Waals surface area contributed by atoms with Gasteiger partial charge in [0, 0.05) is 18.8 Å². The van der Waals surface area contributed by atoms with Crippen LogP contribution in [-0.2, 0) is 9.59 Å². The summed E-state index contributed by atoms with van der Waals surface area (Å²) in [6.07, 6.45) is 2.08. The van der Waals surface area contributed by atoms with Crippen molar-refractivity contribution in [3.05, 3.63) is 29.8 Å². The molecule has 0 bridgehead atoms. The maximum Gasteiger partial charge on any atom is 0.328 e. The van der Waals surface area contributed by atoms with Gasteiger partial charge in [0.25, 0.3) is 5.91 Å². The molecule has 2 atom stereocenters. The first-order chi connectivity index (χ1) is 11.1. The fraction of sp³-hybridized carbons (Fsp3) is 0.471. The van der Waals surface area contributed by atoms with Crippen molar-refractivity contribution in [1.82, 2.24) is 9.80 Å². The van der Waals surface area contributed by atoms with E-state index < -0.39 is 6.04 Å². The molecule has 0 aliphatic carbocycles. The lowest BCUT2D eigenvalue weighted by Crippen LogP contribution is -2.46. The van der Waals surface area contributed by atoms with Crippen molar-refractivity contribution < 1.29 is 14.4 Å². The Bertz CT molecular complexity index is 663. The van der Waals surface area contributed by atoms with E-state index >= 15 is 0 Å². The first kappa shape index (κ1) is 14.2. The highest BCUT2D eigenvalue weighted by Gasteiger charge is 2.53. The SMILES string of the molecule is Cc1ccc(N2CC[C@@H](N3C(=O)[C@@H]4CCCN4C3=O)C2=O)cc1. The molecule has 3 aliphatic heterocycles. The average Bonchev–Trinajstić information content (AvgIpc) is 3.20. The van der Waals surface area contributed by atoms with Gasteiger partial charge in [-0.1, -0.05) is 17.7 Å².